The lowest BCUT2D eigenvalue weighted by molar-refractivity contribution is 0.0617. The van der Waals surface area contributed by atoms with Gasteiger partial charge >= 0.3 is 0 Å². The summed E-state index contributed by atoms with van der Waals surface area (Å²) < 4.78 is 0. The lowest BCUT2D eigenvalue weighted by atomic mass is 9.80. The molecule has 2 rings (SSSR count). The molecule has 0 radical (unpaired) electrons. The topological polar surface area (TPSA) is 46.3 Å². The molecule has 1 fully saturated rings. The van der Waals surface area contributed by atoms with Gasteiger partial charge in [0, 0.05) is 18.7 Å². The van der Waals surface area contributed by atoms with Crippen molar-refractivity contribution in [2.24, 2.45) is 11.1 Å². The summed E-state index contributed by atoms with van der Waals surface area (Å²) >= 11 is 0. The van der Waals surface area contributed by atoms with Gasteiger partial charge in [0.2, 0.25) is 0 Å². The molecule has 3 heteroatoms. The van der Waals surface area contributed by atoms with Crippen molar-refractivity contribution in [3.05, 3.63) is 34.9 Å². The van der Waals surface area contributed by atoms with Crippen LogP contribution in [0.5, 0.6) is 0 Å². The van der Waals surface area contributed by atoms with Gasteiger partial charge in [0.1, 0.15) is 0 Å². The molecule has 0 saturated carbocycles. The zero-order valence-electron chi connectivity index (χ0n) is 12.2. The Morgan fingerprint density at radius 1 is 1.32 bits per heavy atom. The van der Waals surface area contributed by atoms with Crippen molar-refractivity contribution in [3.63, 3.8) is 0 Å². The number of nitrogens with two attached hydrogens (primary N) is 1. The van der Waals surface area contributed by atoms with E-state index in [-0.39, 0.29) is 11.3 Å². The van der Waals surface area contributed by atoms with Crippen molar-refractivity contribution in [1.29, 1.82) is 0 Å². The van der Waals surface area contributed by atoms with E-state index in [2.05, 4.69) is 19.9 Å². The molecule has 0 atom stereocenters. The Bertz CT molecular complexity index is 474. The molecule has 0 aliphatic carbocycles. The van der Waals surface area contributed by atoms with E-state index in [0.29, 0.717) is 6.54 Å². The molecule has 1 heterocycles. The summed E-state index contributed by atoms with van der Waals surface area (Å²) in [6.07, 6.45) is 2.00. The summed E-state index contributed by atoms with van der Waals surface area (Å²) in [4.78, 5) is 14.5. The number of piperidine rings is 1. The number of carbonyl (C=O) groups is 1. The molecule has 104 valence electrons. The second kappa shape index (κ2) is 5.33. The third-order valence-corrected chi connectivity index (χ3v) is 4.36. The van der Waals surface area contributed by atoms with Gasteiger partial charge in [-0.2, -0.15) is 0 Å². The average molecular weight is 260 g/mol. The van der Waals surface area contributed by atoms with Crippen LogP contribution in [0.25, 0.3) is 0 Å². The highest BCUT2D eigenvalue weighted by molar-refractivity contribution is 5.95. The number of benzene rings is 1. The molecule has 1 aromatic rings. The van der Waals surface area contributed by atoms with E-state index in [0.717, 1.165) is 37.1 Å². The van der Waals surface area contributed by atoms with Crippen molar-refractivity contribution >= 4 is 5.91 Å². The Labute approximate surface area is 115 Å². The number of likely N-dealkylation sites (tertiary alicyclic amines) is 1. The van der Waals surface area contributed by atoms with E-state index in [1.54, 1.807) is 0 Å². The van der Waals surface area contributed by atoms with Gasteiger partial charge in [-0.25, -0.2) is 0 Å². The predicted octanol–water partition coefficient (Wildman–Crippen LogP) is 2.50. The summed E-state index contributed by atoms with van der Waals surface area (Å²) in [5, 5.41) is 0. The lowest BCUT2D eigenvalue weighted by Crippen LogP contribution is -2.44. The fourth-order valence-electron chi connectivity index (χ4n) is 2.68. The van der Waals surface area contributed by atoms with Gasteiger partial charge in [0.15, 0.2) is 0 Å². The summed E-state index contributed by atoms with van der Waals surface area (Å²) in [6.45, 7) is 8.62. The van der Waals surface area contributed by atoms with Crippen LogP contribution in [0.4, 0.5) is 0 Å². The smallest absolute Gasteiger partial charge is 0.254 e. The third-order valence-electron chi connectivity index (χ3n) is 4.36. The monoisotopic (exact) mass is 260 g/mol. The molecule has 19 heavy (non-hydrogen) atoms. The molecular weight excluding hydrogens is 236 g/mol. The summed E-state index contributed by atoms with van der Waals surface area (Å²) in [6, 6.07) is 6.03. The average Bonchev–Trinajstić information content (AvgIpc) is 2.39. The van der Waals surface area contributed by atoms with Crippen LogP contribution in [0.2, 0.25) is 0 Å². The van der Waals surface area contributed by atoms with Crippen molar-refractivity contribution in [3.8, 4) is 0 Å². The molecule has 0 unspecified atom stereocenters. The highest BCUT2D eigenvalue weighted by atomic mass is 16.2. The van der Waals surface area contributed by atoms with Gasteiger partial charge < -0.3 is 10.6 Å². The number of aryl methyl sites for hydroxylation is 2. The summed E-state index contributed by atoms with van der Waals surface area (Å²) in [7, 11) is 0. The molecule has 1 amide bonds. The number of carbonyl (C=O) groups excluding carboxylic acids is 1. The quantitative estimate of drug-likeness (QED) is 0.888. The Kier molecular flexibility index (Phi) is 3.95. The molecule has 1 saturated heterocycles. The van der Waals surface area contributed by atoms with Gasteiger partial charge in [-0.15, -0.1) is 0 Å². The molecule has 0 aromatic heterocycles. The van der Waals surface area contributed by atoms with Gasteiger partial charge in [-0.05, 0) is 50.3 Å². The van der Waals surface area contributed by atoms with Crippen molar-refractivity contribution in [2.75, 3.05) is 19.6 Å². The molecule has 2 N–H and O–H groups in total. The fraction of sp³-hybridized carbons (Fsp3) is 0.562. The summed E-state index contributed by atoms with van der Waals surface area (Å²) in [5.41, 5.74) is 9.11. The highest BCUT2D eigenvalue weighted by Crippen LogP contribution is 2.30. The van der Waals surface area contributed by atoms with E-state index in [1.165, 1.54) is 5.56 Å². The van der Waals surface area contributed by atoms with Crippen LogP contribution in [0.15, 0.2) is 18.2 Å². The normalized spacial score (nSPS) is 18.4. The van der Waals surface area contributed by atoms with Crippen molar-refractivity contribution < 1.29 is 4.79 Å². The minimum Gasteiger partial charge on any atom is -0.339 e. The van der Waals surface area contributed by atoms with Gasteiger partial charge in [-0.3, -0.25) is 4.79 Å². The molecule has 1 aromatic carbocycles. The Morgan fingerprint density at radius 3 is 2.47 bits per heavy atom. The van der Waals surface area contributed by atoms with Crippen LogP contribution in [0.1, 0.15) is 41.3 Å². The number of amides is 1. The van der Waals surface area contributed by atoms with E-state index in [9.17, 15) is 4.79 Å². The summed E-state index contributed by atoms with van der Waals surface area (Å²) in [5.74, 6) is 0.163. The Balaban J connectivity index is 2.09. The molecule has 1 aliphatic heterocycles. The lowest BCUT2D eigenvalue weighted by Gasteiger charge is -2.38. The Morgan fingerprint density at radius 2 is 1.95 bits per heavy atom. The number of rotatable bonds is 2. The van der Waals surface area contributed by atoms with Crippen LogP contribution < -0.4 is 5.73 Å². The molecule has 1 aliphatic rings. The Hall–Kier alpha value is -1.35. The maximum absolute atomic E-state index is 12.5. The first-order valence-electron chi connectivity index (χ1n) is 7.02. The van der Waals surface area contributed by atoms with E-state index < -0.39 is 0 Å². The van der Waals surface area contributed by atoms with E-state index >= 15 is 0 Å². The van der Waals surface area contributed by atoms with Crippen LogP contribution in [-0.4, -0.2) is 30.4 Å². The first-order valence-corrected chi connectivity index (χ1v) is 7.02. The fourth-order valence-corrected chi connectivity index (χ4v) is 2.68. The number of hydrogen-bond acceptors (Lipinski definition) is 2. The molecular formula is C16H24N2O. The highest BCUT2D eigenvalue weighted by Gasteiger charge is 2.31. The third kappa shape index (κ3) is 2.98. The maximum Gasteiger partial charge on any atom is 0.254 e. The van der Waals surface area contributed by atoms with Crippen LogP contribution in [0, 0.1) is 19.3 Å². The maximum atomic E-state index is 12.5. The van der Waals surface area contributed by atoms with E-state index in [1.807, 2.05) is 24.0 Å². The zero-order chi connectivity index (χ0) is 14.0. The molecule has 0 bridgehead atoms. The van der Waals surface area contributed by atoms with Gasteiger partial charge in [0.25, 0.3) is 5.91 Å². The largest absolute Gasteiger partial charge is 0.339 e. The van der Waals surface area contributed by atoms with Crippen LogP contribution >= 0.6 is 0 Å². The standard InChI is InChI=1S/C16H24N2O/c1-12-4-5-14(13(2)10-12)15(19)18-8-6-16(3,11-17)7-9-18/h4-5,10H,6-9,11,17H2,1-3H3. The van der Waals surface area contributed by atoms with Crippen LogP contribution in [0.3, 0.4) is 0 Å². The van der Waals surface area contributed by atoms with E-state index in [4.69, 9.17) is 5.73 Å². The number of nitrogens with zero attached hydrogens (tertiary/aromatic N) is 1. The molecule has 3 nitrogen and oxygen atoms in total. The van der Waals surface area contributed by atoms with Gasteiger partial charge in [0.05, 0.1) is 0 Å². The first-order chi connectivity index (χ1) is 8.95. The number of hydrogen-bond donors (Lipinski definition) is 1. The second-order valence-corrected chi connectivity index (χ2v) is 6.13. The second-order valence-electron chi connectivity index (χ2n) is 6.13. The van der Waals surface area contributed by atoms with Crippen molar-refractivity contribution in [1.82, 2.24) is 4.90 Å². The van der Waals surface area contributed by atoms with Crippen molar-refractivity contribution in [2.45, 2.75) is 33.6 Å². The van der Waals surface area contributed by atoms with Crippen LogP contribution in [-0.2, 0) is 0 Å². The minimum atomic E-state index is 0.163. The molecule has 0 spiro atoms. The SMILES string of the molecule is Cc1ccc(C(=O)N2CCC(C)(CN)CC2)c(C)c1. The predicted molar refractivity (Wildman–Crippen MR) is 78.2 cm³/mol. The minimum absolute atomic E-state index is 0.163. The zero-order valence-corrected chi connectivity index (χ0v) is 12.2. The first kappa shape index (κ1) is 14.1. The van der Waals surface area contributed by atoms with Gasteiger partial charge in [-0.1, -0.05) is 24.6 Å².